The fraction of sp³-hybridized carbons (Fsp3) is 0.667. The third-order valence-electron chi connectivity index (χ3n) is 7.00. The van der Waals surface area contributed by atoms with E-state index in [4.69, 9.17) is 4.74 Å². The largest absolute Gasteiger partial charge is 0.389 e. The van der Waals surface area contributed by atoms with E-state index < -0.39 is 11.0 Å². The molecule has 0 radical (unpaired) electrons. The van der Waals surface area contributed by atoms with Gasteiger partial charge in [0.25, 0.3) is 0 Å². The lowest BCUT2D eigenvalue weighted by Crippen LogP contribution is -2.47. The molecule has 1 unspecified atom stereocenters. The second-order valence-electron chi connectivity index (χ2n) is 8.79. The van der Waals surface area contributed by atoms with Crippen molar-refractivity contribution in [1.29, 1.82) is 0 Å². The van der Waals surface area contributed by atoms with Gasteiger partial charge in [-0.3, -0.25) is 4.79 Å². The molecule has 3 heteroatoms. The summed E-state index contributed by atoms with van der Waals surface area (Å²) in [6.45, 7) is 14.3. The van der Waals surface area contributed by atoms with E-state index in [9.17, 15) is 9.90 Å². The molecule has 0 heterocycles. The van der Waals surface area contributed by atoms with Crippen molar-refractivity contribution < 1.29 is 14.6 Å². The van der Waals surface area contributed by atoms with Gasteiger partial charge in [-0.05, 0) is 56.1 Å². The molecule has 0 aliphatic heterocycles. The Morgan fingerprint density at radius 2 is 2.04 bits per heavy atom. The average molecular weight is 330 g/mol. The highest BCUT2D eigenvalue weighted by molar-refractivity contribution is 5.94. The lowest BCUT2D eigenvalue weighted by Gasteiger charge is -2.44. The number of allylic oxidation sites excluding steroid dienone is 2. The lowest BCUT2D eigenvalue weighted by molar-refractivity contribution is -0.124. The zero-order chi connectivity index (χ0) is 17.9. The molecule has 0 aromatic heterocycles. The first-order chi connectivity index (χ1) is 11.1. The van der Waals surface area contributed by atoms with Crippen LogP contribution in [0.4, 0.5) is 0 Å². The van der Waals surface area contributed by atoms with Crippen LogP contribution in [0.3, 0.4) is 0 Å². The Kier molecular flexibility index (Phi) is 3.97. The van der Waals surface area contributed by atoms with Gasteiger partial charge in [0.2, 0.25) is 0 Å². The van der Waals surface area contributed by atoms with Crippen LogP contribution in [0.5, 0.6) is 0 Å². The van der Waals surface area contributed by atoms with Crippen LogP contribution < -0.4 is 0 Å². The molecule has 0 spiro atoms. The minimum Gasteiger partial charge on any atom is -0.389 e. The SMILES string of the molecule is C=CC1=C([C@@H](OC)[C@@H]2CCC3(C)C[C@@]2(O)CC3=C)CC(=O)C1(C)C. The average Bonchev–Trinajstić information content (AvgIpc) is 2.82. The Balaban J connectivity index is 2.00. The molecule has 0 aromatic rings. The number of ether oxygens (including phenoxy) is 1. The molecule has 1 N–H and O–H groups in total. The fourth-order valence-corrected chi connectivity index (χ4v) is 5.38. The number of methoxy groups -OCH3 is 1. The van der Waals surface area contributed by atoms with E-state index in [0.717, 1.165) is 36.0 Å². The molecule has 3 nitrogen and oxygen atoms in total. The third kappa shape index (κ3) is 2.28. The molecule has 4 atom stereocenters. The van der Waals surface area contributed by atoms with Gasteiger partial charge in [0.1, 0.15) is 5.78 Å². The maximum absolute atomic E-state index is 12.5. The van der Waals surface area contributed by atoms with Gasteiger partial charge >= 0.3 is 0 Å². The van der Waals surface area contributed by atoms with Gasteiger partial charge in [0, 0.05) is 24.9 Å². The summed E-state index contributed by atoms with van der Waals surface area (Å²) in [5, 5.41) is 11.4. The van der Waals surface area contributed by atoms with Gasteiger partial charge in [-0.2, -0.15) is 0 Å². The molecule has 3 aliphatic carbocycles. The molecule has 2 bridgehead atoms. The van der Waals surface area contributed by atoms with Crippen LogP contribution in [0.25, 0.3) is 0 Å². The summed E-state index contributed by atoms with van der Waals surface area (Å²) >= 11 is 0. The Morgan fingerprint density at radius 3 is 2.62 bits per heavy atom. The first kappa shape index (κ1) is 17.6. The lowest BCUT2D eigenvalue weighted by atomic mass is 9.66. The van der Waals surface area contributed by atoms with E-state index in [1.165, 1.54) is 0 Å². The highest BCUT2D eigenvalue weighted by atomic mass is 16.5. The summed E-state index contributed by atoms with van der Waals surface area (Å²) in [6.07, 6.45) is 5.28. The number of rotatable bonds is 4. The molecular formula is C21H30O3. The fourth-order valence-electron chi connectivity index (χ4n) is 5.38. The standard InChI is InChI=1S/C21H30O3/c1-7-15-14(10-17(22)19(15,3)4)18(24-6)16-8-9-20(5)12-21(16,23)11-13(20)2/h7,16,18,23H,1-2,8-12H2,3-6H3/t16-,18+,20?,21-/m0/s1. The highest BCUT2D eigenvalue weighted by Gasteiger charge is 2.58. The monoisotopic (exact) mass is 330 g/mol. The molecule has 2 fully saturated rings. The molecule has 3 rings (SSSR count). The molecule has 0 aromatic carbocycles. The van der Waals surface area contributed by atoms with Crippen LogP contribution in [0, 0.1) is 16.7 Å². The molecule has 0 saturated heterocycles. The molecule has 2 saturated carbocycles. The number of carbonyl (C=O) groups is 1. The quantitative estimate of drug-likeness (QED) is 0.793. The smallest absolute Gasteiger partial charge is 0.146 e. The number of ketones is 1. The topological polar surface area (TPSA) is 46.5 Å². The Hall–Kier alpha value is -1.19. The van der Waals surface area contributed by atoms with Gasteiger partial charge < -0.3 is 9.84 Å². The highest BCUT2D eigenvalue weighted by Crippen LogP contribution is 2.60. The number of hydrogen-bond donors (Lipinski definition) is 1. The van der Waals surface area contributed by atoms with Crippen molar-refractivity contribution in [2.75, 3.05) is 7.11 Å². The van der Waals surface area contributed by atoms with Crippen LogP contribution in [0.2, 0.25) is 0 Å². The Labute approximate surface area is 145 Å². The van der Waals surface area contributed by atoms with Crippen molar-refractivity contribution in [1.82, 2.24) is 0 Å². The van der Waals surface area contributed by atoms with Crippen LogP contribution >= 0.6 is 0 Å². The van der Waals surface area contributed by atoms with E-state index in [2.05, 4.69) is 20.1 Å². The van der Waals surface area contributed by atoms with Crippen molar-refractivity contribution in [2.45, 2.75) is 64.6 Å². The summed E-state index contributed by atoms with van der Waals surface area (Å²) in [4.78, 5) is 12.5. The van der Waals surface area contributed by atoms with Crippen molar-refractivity contribution in [3.05, 3.63) is 36.0 Å². The van der Waals surface area contributed by atoms with Crippen LogP contribution in [-0.4, -0.2) is 29.7 Å². The first-order valence-corrected chi connectivity index (χ1v) is 8.92. The number of hydrogen-bond acceptors (Lipinski definition) is 3. The summed E-state index contributed by atoms with van der Waals surface area (Å²) < 4.78 is 5.88. The predicted octanol–water partition coefficient (Wildman–Crippen LogP) is 3.98. The molecule has 24 heavy (non-hydrogen) atoms. The van der Waals surface area contributed by atoms with E-state index in [1.807, 2.05) is 13.8 Å². The van der Waals surface area contributed by atoms with E-state index in [1.54, 1.807) is 13.2 Å². The van der Waals surface area contributed by atoms with Crippen molar-refractivity contribution in [3.8, 4) is 0 Å². The third-order valence-corrected chi connectivity index (χ3v) is 7.00. The van der Waals surface area contributed by atoms with E-state index >= 15 is 0 Å². The van der Waals surface area contributed by atoms with Crippen LogP contribution in [-0.2, 0) is 9.53 Å². The number of carbonyl (C=O) groups excluding carboxylic acids is 1. The molecule has 3 aliphatic rings. The second kappa shape index (κ2) is 5.40. The van der Waals surface area contributed by atoms with Crippen LogP contribution in [0.15, 0.2) is 36.0 Å². The Bertz CT molecular complexity index is 641. The second-order valence-corrected chi connectivity index (χ2v) is 8.79. The number of Topliss-reactive ketones (excluding diaryl/α,β-unsaturated/α-hetero) is 1. The van der Waals surface area contributed by atoms with Crippen molar-refractivity contribution in [3.63, 3.8) is 0 Å². The number of aliphatic hydroxyl groups is 1. The molecular weight excluding hydrogens is 300 g/mol. The minimum atomic E-state index is -0.778. The van der Waals surface area contributed by atoms with Gasteiger partial charge in [0.05, 0.1) is 11.7 Å². The Morgan fingerprint density at radius 1 is 1.38 bits per heavy atom. The zero-order valence-electron chi connectivity index (χ0n) is 15.4. The van der Waals surface area contributed by atoms with Gasteiger partial charge in [-0.1, -0.05) is 31.7 Å². The van der Waals surface area contributed by atoms with Crippen LogP contribution in [0.1, 0.15) is 52.9 Å². The maximum Gasteiger partial charge on any atom is 0.146 e. The van der Waals surface area contributed by atoms with Gasteiger partial charge in [-0.25, -0.2) is 0 Å². The van der Waals surface area contributed by atoms with Crippen molar-refractivity contribution >= 4 is 5.78 Å². The van der Waals surface area contributed by atoms with E-state index in [-0.39, 0.29) is 23.2 Å². The minimum absolute atomic E-state index is 0.00137. The summed E-state index contributed by atoms with van der Waals surface area (Å²) in [5.74, 6) is 0.208. The summed E-state index contributed by atoms with van der Waals surface area (Å²) in [5.41, 5.74) is 1.90. The molecule has 132 valence electrons. The van der Waals surface area contributed by atoms with E-state index in [0.29, 0.717) is 12.8 Å². The molecule has 0 amide bonds. The van der Waals surface area contributed by atoms with Crippen molar-refractivity contribution in [2.24, 2.45) is 16.7 Å². The zero-order valence-corrected chi connectivity index (χ0v) is 15.4. The van der Waals surface area contributed by atoms with Gasteiger partial charge in [-0.15, -0.1) is 0 Å². The predicted molar refractivity (Wildman–Crippen MR) is 95.6 cm³/mol. The number of fused-ring (bicyclic) bond motifs is 2. The van der Waals surface area contributed by atoms with Gasteiger partial charge in [0.15, 0.2) is 0 Å². The normalized spacial score (nSPS) is 39.5. The summed E-state index contributed by atoms with van der Waals surface area (Å²) in [7, 11) is 1.69. The maximum atomic E-state index is 12.5. The first-order valence-electron chi connectivity index (χ1n) is 8.92. The summed E-state index contributed by atoms with van der Waals surface area (Å²) in [6, 6.07) is 0.